The average Bonchev–Trinajstić information content (AvgIpc) is 2.80. The monoisotopic (exact) mass is 400 g/mol. The first-order valence-corrected chi connectivity index (χ1v) is 10.3. The molecule has 0 radical (unpaired) electrons. The molecule has 5 nitrogen and oxygen atoms in total. The first-order valence-electron chi connectivity index (χ1n) is 10.3. The number of hydrogen-bond acceptors (Lipinski definition) is 5. The van der Waals surface area contributed by atoms with E-state index in [0.717, 1.165) is 38.3 Å². The van der Waals surface area contributed by atoms with Gasteiger partial charge in [-0.3, -0.25) is 9.69 Å². The second kappa shape index (κ2) is 7.84. The Morgan fingerprint density at radius 1 is 0.900 bits per heavy atom. The molecule has 5 heteroatoms. The molecule has 1 aromatic heterocycles. The molecule has 30 heavy (non-hydrogen) atoms. The fourth-order valence-electron chi connectivity index (χ4n) is 4.21. The molecular formula is C25H24N2O3. The number of ether oxygens (including phenoxy) is 1. The number of rotatable bonds is 4. The van der Waals surface area contributed by atoms with Gasteiger partial charge in [0.1, 0.15) is 16.9 Å². The third-order valence-electron chi connectivity index (χ3n) is 5.87. The zero-order valence-corrected chi connectivity index (χ0v) is 17.0. The minimum atomic E-state index is 0.00431. The number of benzene rings is 3. The molecule has 0 bridgehead atoms. The van der Waals surface area contributed by atoms with Crippen LogP contribution in [0, 0.1) is 0 Å². The van der Waals surface area contributed by atoms with E-state index in [9.17, 15) is 4.79 Å². The van der Waals surface area contributed by atoms with Gasteiger partial charge >= 0.3 is 0 Å². The number of piperazine rings is 1. The number of fused-ring (bicyclic) bond motifs is 2. The Morgan fingerprint density at radius 2 is 1.70 bits per heavy atom. The number of methoxy groups -OCH3 is 1. The molecule has 0 atom stereocenters. The Balaban J connectivity index is 1.43. The molecule has 1 aliphatic rings. The molecule has 0 amide bonds. The molecule has 0 aliphatic carbocycles. The number of hydrogen-bond donors (Lipinski definition) is 0. The van der Waals surface area contributed by atoms with Crippen LogP contribution in [0.1, 0.15) is 5.56 Å². The molecule has 0 N–H and O–H groups in total. The van der Waals surface area contributed by atoms with Crippen molar-refractivity contribution in [3.05, 3.63) is 82.5 Å². The van der Waals surface area contributed by atoms with Gasteiger partial charge in [-0.15, -0.1) is 0 Å². The number of anilines is 1. The van der Waals surface area contributed by atoms with Gasteiger partial charge in [0, 0.05) is 50.0 Å². The highest BCUT2D eigenvalue weighted by molar-refractivity contribution is 5.91. The maximum atomic E-state index is 13.0. The molecule has 0 saturated carbocycles. The summed E-state index contributed by atoms with van der Waals surface area (Å²) in [5, 5.41) is 1.21. The first-order chi connectivity index (χ1) is 14.7. The zero-order valence-electron chi connectivity index (χ0n) is 17.0. The van der Waals surface area contributed by atoms with Crippen LogP contribution < -0.4 is 15.1 Å². The molecule has 0 unspecified atom stereocenters. The fraction of sp³-hybridized carbons (Fsp3) is 0.240. The summed E-state index contributed by atoms with van der Waals surface area (Å²) in [6.45, 7) is 4.67. The van der Waals surface area contributed by atoms with E-state index in [0.29, 0.717) is 27.7 Å². The lowest BCUT2D eigenvalue weighted by atomic mass is 10.1. The highest BCUT2D eigenvalue weighted by atomic mass is 16.5. The SMILES string of the molecule is COc1ccc2c(=O)c3cccc(CN4CCN(c5ccccc5)CC4)c3oc2c1. The molecular weight excluding hydrogens is 376 g/mol. The average molecular weight is 400 g/mol. The smallest absolute Gasteiger partial charge is 0.200 e. The van der Waals surface area contributed by atoms with E-state index >= 15 is 0 Å². The quantitative estimate of drug-likeness (QED) is 0.479. The van der Waals surface area contributed by atoms with E-state index in [4.69, 9.17) is 9.15 Å². The van der Waals surface area contributed by atoms with Crippen molar-refractivity contribution in [2.75, 3.05) is 38.2 Å². The third kappa shape index (κ3) is 3.42. The summed E-state index contributed by atoms with van der Waals surface area (Å²) >= 11 is 0. The molecule has 5 rings (SSSR count). The van der Waals surface area contributed by atoms with E-state index in [2.05, 4.69) is 40.1 Å². The Hall–Kier alpha value is -3.31. The lowest BCUT2D eigenvalue weighted by Gasteiger charge is -2.36. The minimum absolute atomic E-state index is 0.00431. The maximum absolute atomic E-state index is 13.0. The topological polar surface area (TPSA) is 45.9 Å². The number of nitrogens with zero attached hydrogens (tertiary/aromatic N) is 2. The summed E-state index contributed by atoms with van der Waals surface area (Å²) in [4.78, 5) is 17.8. The Labute approximate surface area is 175 Å². The summed E-state index contributed by atoms with van der Waals surface area (Å²) in [5.74, 6) is 0.680. The van der Waals surface area contributed by atoms with E-state index in [1.54, 1.807) is 25.3 Å². The molecule has 1 fully saturated rings. The standard InChI is InChI=1S/C25H24N2O3/c1-29-20-10-11-21-23(16-20)30-25-18(6-5-9-22(25)24(21)28)17-26-12-14-27(15-13-26)19-7-3-2-4-8-19/h2-11,16H,12-15,17H2,1H3. The van der Waals surface area contributed by atoms with Gasteiger partial charge in [0.25, 0.3) is 0 Å². The van der Waals surface area contributed by atoms with Crippen LogP contribution >= 0.6 is 0 Å². The van der Waals surface area contributed by atoms with Crippen molar-refractivity contribution in [2.24, 2.45) is 0 Å². The summed E-state index contributed by atoms with van der Waals surface area (Å²) < 4.78 is 11.5. The highest BCUT2D eigenvalue weighted by Gasteiger charge is 2.19. The fourth-order valence-corrected chi connectivity index (χ4v) is 4.21. The third-order valence-corrected chi connectivity index (χ3v) is 5.87. The van der Waals surface area contributed by atoms with Gasteiger partial charge < -0.3 is 14.1 Å². The predicted octanol–water partition coefficient (Wildman–Crippen LogP) is 4.28. The van der Waals surface area contributed by atoms with Gasteiger partial charge in [-0.1, -0.05) is 30.3 Å². The predicted molar refractivity (Wildman–Crippen MR) is 120 cm³/mol. The van der Waals surface area contributed by atoms with Crippen molar-refractivity contribution >= 4 is 27.6 Å². The summed E-state index contributed by atoms with van der Waals surface area (Å²) in [5.41, 5.74) is 3.56. The largest absolute Gasteiger partial charge is 0.497 e. The molecule has 2 heterocycles. The highest BCUT2D eigenvalue weighted by Crippen LogP contribution is 2.26. The normalized spacial score (nSPS) is 15.0. The van der Waals surface area contributed by atoms with Gasteiger partial charge in [-0.05, 0) is 30.3 Å². The van der Waals surface area contributed by atoms with Crippen LogP contribution in [0.2, 0.25) is 0 Å². The molecule has 1 saturated heterocycles. The van der Waals surface area contributed by atoms with Crippen LogP contribution in [0.3, 0.4) is 0 Å². The van der Waals surface area contributed by atoms with Crippen LogP contribution in [0.4, 0.5) is 5.69 Å². The minimum Gasteiger partial charge on any atom is -0.497 e. The van der Waals surface area contributed by atoms with Gasteiger partial charge in [0.15, 0.2) is 0 Å². The Bertz CT molecular complexity index is 1240. The maximum Gasteiger partial charge on any atom is 0.200 e. The van der Waals surface area contributed by atoms with Crippen molar-refractivity contribution in [1.82, 2.24) is 4.90 Å². The van der Waals surface area contributed by atoms with Crippen molar-refractivity contribution in [3.63, 3.8) is 0 Å². The van der Waals surface area contributed by atoms with Crippen LogP contribution in [0.5, 0.6) is 5.75 Å². The van der Waals surface area contributed by atoms with E-state index < -0.39 is 0 Å². The van der Waals surface area contributed by atoms with Crippen molar-refractivity contribution in [2.45, 2.75) is 6.54 Å². The zero-order chi connectivity index (χ0) is 20.5. The van der Waals surface area contributed by atoms with Gasteiger partial charge in [-0.2, -0.15) is 0 Å². The van der Waals surface area contributed by atoms with Gasteiger partial charge in [0.2, 0.25) is 5.43 Å². The van der Waals surface area contributed by atoms with Crippen LogP contribution in [0.15, 0.2) is 75.9 Å². The first kappa shape index (κ1) is 18.7. The lowest BCUT2D eigenvalue weighted by Crippen LogP contribution is -2.45. The second-order valence-corrected chi connectivity index (χ2v) is 7.69. The second-order valence-electron chi connectivity index (χ2n) is 7.69. The van der Waals surface area contributed by atoms with Crippen molar-refractivity contribution < 1.29 is 9.15 Å². The van der Waals surface area contributed by atoms with Crippen LogP contribution in [-0.2, 0) is 6.54 Å². The van der Waals surface area contributed by atoms with Crippen molar-refractivity contribution in [1.29, 1.82) is 0 Å². The van der Waals surface area contributed by atoms with Crippen LogP contribution in [0.25, 0.3) is 21.9 Å². The molecule has 0 spiro atoms. The van der Waals surface area contributed by atoms with Gasteiger partial charge in [-0.25, -0.2) is 0 Å². The molecule has 152 valence electrons. The summed E-state index contributed by atoms with van der Waals surface area (Å²) in [7, 11) is 1.61. The van der Waals surface area contributed by atoms with E-state index in [1.807, 2.05) is 18.2 Å². The molecule has 4 aromatic rings. The Morgan fingerprint density at radius 3 is 2.47 bits per heavy atom. The van der Waals surface area contributed by atoms with E-state index in [1.165, 1.54) is 5.69 Å². The molecule has 1 aliphatic heterocycles. The number of para-hydroxylation sites is 2. The van der Waals surface area contributed by atoms with Crippen molar-refractivity contribution in [3.8, 4) is 5.75 Å². The lowest BCUT2D eigenvalue weighted by molar-refractivity contribution is 0.250. The van der Waals surface area contributed by atoms with Crippen LogP contribution in [-0.4, -0.2) is 38.2 Å². The van der Waals surface area contributed by atoms with Gasteiger partial charge in [0.05, 0.1) is 17.9 Å². The molecule has 3 aromatic carbocycles. The van der Waals surface area contributed by atoms with E-state index in [-0.39, 0.29) is 5.43 Å². The summed E-state index contributed by atoms with van der Waals surface area (Å²) in [6.07, 6.45) is 0. The Kier molecular flexibility index (Phi) is 4.89. The summed E-state index contributed by atoms with van der Waals surface area (Å²) in [6, 6.07) is 21.7.